The number of aliphatic carboxylic acids is 1. The zero-order valence-corrected chi connectivity index (χ0v) is 8.85. The normalized spacial score (nSPS) is 23.8. The summed E-state index contributed by atoms with van der Waals surface area (Å²) in [4.78, 5) is 20.6. The molecule has 1 saturated heterocycles. The summed E-state index contributed by atoms with van der Waals surface area (Å²) in [6, 6.07) is 0. The van der Waals surface area contributed by atoms with Crippen molar-refractivity contribution in [3.05, 3.63) is 22.5 Å². The maximum Gasteiger partial charge on any atom is 0.332 e. The first kappa shape index (κ1) is 11.5. The summed E-state index contributed by atoms with van der Waals surface area (Å²) in [6.45, 7) is 0.331. The average Bonchev–Trinajstić information content (AvgIpc) is 2.87. The number of nitro groups is 1. The molecule has 17 heavy (non-hydrogen) atoms. The Morgan fingerprint density at radius 1 is 1.71 bits per heavy atom. The van der Waals surface area contributed by atoms with Crippen LogP contribution in [-0.2, 0) is 16.1 Å². The fourth-order valence-electron chi connectivity index (χ4n) is 1.78. The fraction of sp³-hybridized carbons (Fsp3) is 0.556. The molecule has 1 aliphatic rings. The topological polar surface area (TPSA) is 107 Å². The Morgan fingerprint density at radius 3 is 3.00 bits per heavy atom. The number of carboxylic acids is 1. The Morgan fingerprint density at radius 2 is 2.47 bits per heavy atom. The van der Waals surface area contributed by atoms with Gasteiger partial charge in [-0.25, -0.2) is 4.79 Å². The van der Waals surface area contributed by atoms with Gasteiger partial charge in [0.2, 0.25) is 0 Å². The van der Waals surface area contributed by atoms with Crippen molar-refractivity contribution in [1.29, 1.82) is 0 Å². The van der Waals surface area contributed by atoms with Crippen molar-refractivity contribution in [2.75, 3.05) is 0 Å². The van der Waals surface area contributed by atoms with Gasteiger partial charge in [0.1, 0.15) is 12.4 Å². The zero-order chi connectivity index (χ0) is 12.4. The van der Waals surface area contributed by atoms with E-state index in [4.69, 9.17) is 9.84 Å². The Balaban J connectivity index is 1.93. The summed E-state index contributed by atoms with van der Waals surface area (Å²) in [5.41, 5.74) is -0.0854. The van der Waals surface area contributed by atoms with E-state index in [0.717, 1.165) is 6.20 Å². The molecular formula is C9H11N3O5. The molecule has 8 nitrogen and oxygen atoms in total. The van der Waals surface area contributed by atoms with E-state index < -0.39 is 17.0 Å². The van der Waals surface area contributed by atoms with E-state index >= 15 is 0 Å². The van der Waals surface area contributed by atoms with Crippen LogP contribution < -0.4 is 0 Å². The van der Waals surface area contributed by atoms with Gasteiger partial charge >= 0.3 is 11.7 Å². The average molecular weight is 241 g/mol. The van der Waals surface area contributed by atoms with Crippen LogP contribution >= 0.6 is 0 Å². The number of nitrogens with zero attached hydrogens (tertiary/aromatic N) is 3. The van der Waals surface area contributed by atoms with E-state index in [1.807, 2.05) is 0 Å². The Labute approximate surface area is 95.9 Å². The second kappa shape index (κ2) is 4.50. The molecule has 0 bridgehead atoms. The predicted molar refractivity (Wildman–Crippen MR) is 54.4 cm³/mol. The van der Waals surface area contributed by atoms with Crippen molar-refractivity contribution < 1.29 is 19.6 Å². The molecule has 0 spiro atoms. The van der Waals surface area contributed by atoms with Crippen LogP contribution in [0.2, 0.25) is 0 Å². The third-order valence-electron chi connectivity index (χ3n) is 2.60. The molecule has 2 rings (SSSR count). The Bertz CT molecular complexity index is 444. The summed E-state index contributed by atoms with van der Waals surface area (Å²) in [7, 11) is 0. The number of ether oxygens (including phenoxy) is 1. The second-order valence-corrected chi connectivity index (χ2v) is 3.84. The van der Waals surface area contributed by atoms with E-state index in [0.29, 0.717) is 19.4 Å². The second-order valence-electron chi connectivity index (χ2n) is 3.84. The number of rotatable bonds is 4. The van der Waals surface area contributed by atoms with Gasteiger partial charge in [-0.15, -0.1) is 0 Å². The molecule has 2 unspecified atom stereocenters. The highest BCUT2D eigenvalue weighted by atomic mass is 16.6. The summed E-state index contributed by atoms with van der Waals surface area (Å²) in [5.74, 6) is -0.973. The van der Waals surface area contributed by atoms with Crippen LogP contribution in [0.1, 0.15) is 12.8 Å². The first-order chi connectivity index (χ1) is 8.06. The minimum absolute atomic E-state index is 0.0854. The SMILES string of the molecule is O=C(O)C1CCC(Cn2cc([N+](=O)[O-])cn2)O1. The van der Waals surface area contributed by atoms with Crippen LogP contribution in [0.4, 0.5) is 5.69 Å². The summed E-state index contributed by atoms with van der Waals surface area (Å²) in [6.07, 6.45) is 2.51. The highest BCUT2D eigenvalue weighted by Crippen LogP contribution is 2.21. The van der Waals surface area contributed by atoms with Gasteiger partial charge in [-0.2, -0.15) is 5.10 Å². The number of hydrogen-bond donors (Lipinski definition) is 1. The maximum atomic E-state index is 10.7. The van der Waals surface area contributed by atoms with E-state index in [1.165, 1.54) is 10.9 Å². The van der Waals surface area contributed by atoms with Crippen LogP contribution in [0.25, 0.3) is 0 Å². The van der Waals surface area contributed by atoms with Crippen molar-refractivity contribution in [2.45, 2.75) is 31.6 Å². The number of carbonyl (C=O) groups is 1. The zero-order valence-electron chi connectivity index (χ0n) is 8.85. The van der Waals surface area contributed by atoms with Crippen molar-refractivity contribution in [1.82, 2.24) is 9.78 Å². The highest BCUT2D eigenvalue weighted by molar-refractivity contribution is 5.72. The molecule has 1 aromatic rings. The van der Waals surface area contributed by atoms with Gasteiger partial charge in [-0.3, -0.25) is 14.8 Å². The standard InChI is InChI=1S/C9H11N3O5/c13-9(14)8-2-1-7(17-8)5-11-4-6(3-10-11)12(15)16/h3-4,7-8H,1-2,5H2,(H,13,14). The van der Waals surface area contributed by atoms with Crippen LogP contribution in [0.3, 0.4) is 0 Å². The lowest BCUT2D eigenvalue weighted by atomic mass is 10.2. The molecule has 0 saturated carbocycles. The van der Waals surface area contributed by atoms with Crippen LogP contribution in [0, 0.1) is 10.1 Å². The monoisotopic (exact) mass is 241 g/mol. The molecule has 92 valence electrons. The molecule has 2 heterocycles. The molecular weight excluding hydrogens is 230 g/mol. The first-order valence-electron chi connectivity index (χ1n) is 5.11. The summed E-state index contributed by atoms with van der Waals surface area (Å²) < 4.78 is 6.66. The van der Waals surface area contributed by atoms with Crippen molar-refractivity contribution in [3.8, 4) is 0 Å². The molecule has 1 aliphatic heterocycles. The van der Waals surface area contributed by atoms with Gasteiger partial charge in [-0.05, 0) is 12.8 Å². The molecule has 8 heteroatoms. The fourth-order valence-corrected chi connectivity index (χ4v) is 1.78. The highest BCUT2D eigenvalue weighted by Gasteiger charge is 2.30. The molecule has 1 fully saturated rings. The molecule has 1 N–H and O–H groups in total. The summed E-state index contributed by atoms with van der Waals surface area (Å²) >= 11 is 0. The lowest BCUT2D eigenvalue weighted by Crippen LogP contribution is -2.23. The van der Waals surface area contributed by atoms with Crippen molar-refractivity contribution >= 4 is 11.7 Å². The molecule has 1 aromatic heterocycles. The van der Waals surface area contributed by atoms with Gasteiger partial charge < -0.3 is 9.84 Å². The Kier molecular flexibility index (Phi) is 3.05. The number of hydrogen-bond acceptors (Lipinski definition) is 5. The Hall–Kier alpha value is -1.96. The van der Waals surface area contributed by atoms with E-state index in [1.54, 1.807) is 0 Å². The minimum atomic E-state index is -0.973. The minimum Gasteiger partial charge on any atom is -0.479 e. The predicted octanol–water partition coefficient (Wildman–Crippen LogP) is 0.423. The lowest BCUT2D eigenvalue weighted by Gasteiger charge is -2.10. The van der Waals surface area contributed by atoms with Crippen LogP contribution in [0.5, 0.6) is 0 Å². The third-order valence-corrected chi connectivity index (χ3v) is 2.60. The van der Waals surface area contributed by atoms with E-state index in [-0.39, 0.29) is 11.8 Å². The molecule has 0 radical (unpaired) electrons. The van der Waals surface area contributed by atoms with E-state index in [2.05, 4.69) is 5.10 Å². The van der Waals surface area contributed by atoms with Gasteiger partial charge in [0, 0.05) is 0 Å². The molecule has 2 atom stereocenters. The lowest BCUT2D eigenvalue weighted by molar-refractivity contribution is -0.385. The van der Waals surface area contributed by atoms with Crippen molar-refractivity contribution in [2.24, 2.45) is 0 Å². The maximum absolute atomic E-state index is 10.7. The number of carboxylic acid groups (broad SMARTS) is 1. The van der Waals surface area contributed by atoms with Crippen molar-refractivity contribution in [3.63, 3.8) is 0 Å². The van der Waals surface area contributed by atoms with Gasteiger partial charge in [0.15, 0.2) is 6.10 Å². The molecule has 0 aromatic carbocycles. The van der Waals surface area contributed by atoms with Gasteiger partial charge in [0.05, 0.1) is 17.6 Å². The van der Waals surface area contributed by atoms with E-state index in [9.17, 15) is 14.9 Å². The summed E-state index contributed by atoms with van der Waals surface area (Å²) in [5, 5.41) is 23.0. The van der Waals surface area contributed by atoms with Crippen LogP contribution in [0.15, 0.2) is 12.4 Å². The van der Waals surface area contributed by atoms with Gasteiger partial charge in [-0.1, -0.05) is 0 Å². The number of aromatic nitrogens is 2. The quantitative estimate of drug-likeness (QED) is 0.604. The largest absolute Gasteiger partial charge is 0.479 e. The molecule has 0 aliphatic carbocycles. The molecule has 0 amide bonds. The van der Waals surface area contributed by atoms with Crippen LogP contribution in [-0.4, -0.2) is 38.0 Å². The van der Waals surface area contributed by atoms with Gasteiger partial charge in [0.25, 0.3) is 0 Å². The smallest absolute Gasteiger partial charge is 0.332 e. The first-order valence-corrected chi connectivity index (χ1v) is 5.11. The third kappa shape index (κ3) is 2.59.